The normalized spacial score (nSPS) is 13.1. The van der Waals surface area contributed by atoms with Crippen LogP contribution >= 0.6 is 0 Å². The molecule has 0 radical (unpaired) electrons. The van der Waals surface area contributed by atoms with E-state index in [0.717, 1.165) is 16.8 Å². The molecule has 0 aliphatic carbocycles. The van der Waals surface area contributed by atoms with Gasteiger partial charge in [0.05, 0.1) is 0 Å². The van der Waals surface area contributed by atoms with E-state index in [9.17, 15) is 4.79 Å². The third-order valence-electron chi connectivity index (χ3n) is 5.36. The van der Waals surface area contributed by atoms with E-state index >= 15 is 0 Å². The summed E-state index contributed by atoms with van der Waals surface area (Å²) in [5, 5.41) is 8.71. The van der Waals surface area contributed by atoms with Crippen LogP contribution in [-0.4, -0.2) is 43.9 Å². The van der Waals surface area contributed by atoms with Crippen molar-refractivity contribution in [1.82, 2.24) is 24.8 Å². The van der Waals surface area contributed by atoms with E-state index in [1.807, 2.05) is 72.4 Å². The molecule has 0 unspecified atom stereocenters. The molecule has 4 aromatic rings. The summed E-state index contributed by atoms with van der Waals surface area (Å²) in [5.74, 6) is 1.47. The minimum Gasteiger partial charge on any atom is -0.484 e. The van der Waals surface area contributed by atoms with E-state index in [1.165, 1.54) is 0 Å². The predicted molar refractivity (Wildman–Crippen MR) is 113 cm³/mol. The summed E-state index contributed by atoms with van der Waals surface area (Å²) in [7, 11) is 1.90. The summed E-state index contributed by atoms with van der Waals surface area (Å²) in [6, 6.07) is 19.0. The number of carbonyl (C=O) groups is 1. The maximum atomic E-state index is 12.7. The smallest absolute Gasteiger partial charge is 0.279 e. The second kappa shape index (κ2) is 8.06. The number of aryl methyl sites for hydroxylation is 1. The highest BCUT2D eigenvalue weighted by Crippen LogP contribution is 2.30. The average molecular weight is 415 g/mol. The van der Waals surface area contributed by atoms with Crippen LogP contribution in [0, 0.1) is 0 Å². The van der Waals surface area contributed by atoms with Gasteiger partial charge < -0.3 is 14.2 Å². The van der Waals surface area contributed by atoms with Gasteiger partial charge in [-0.3, -0.25) is 9.48 Å². The number of aromatic nitrogens is 4. The summed E-state index contributed by atoms with van der Waals surface area (Å²) in [6.45, 7) is 1.04. The lowest BCUT2D eigenvalue weighted by atomic mass is 10.0. The van der Waals surface area contributed by atoms with E-state index in [4.69, 9.17) is 9.26 Å². The molecular weight excluding hydrogens is 394 g/mol. The minimum atomic E-state index is -0.0696. The Labute approximate surface area is 179 Å². The number of amides is 1. The van der Waals surface area contributed by atoms with Crippen LogP contribution < -0.4 is 4.74 Å². The van der Waals surface area contributed by atoms with Crippen LogP contribution in [0.2, 0.25) is 0 Å². The molecule has 0 spiro atoms. The van der Waals surface area contributed by atoms with Crippen LogP contribution in [0.25, 0.3) is 23.0 Å². The molecule has 2 aromatic heterocycles. The number of fused-ring (bicyclic) bond motifs is 1. The SMILES string of the molecule is Cn1nc(-c2nc(-c3ccccc3)no2)c2c1CCN(C(=O)COc1ccccc1)C2. The highest BCUT2D eigenvalue weighted by Gasteiger charge is 2.29. The van der Waals surface area contributed by atoms with Crippen molar-refractivity contribution in [3.05, 3.63) is 71.9 Å². The molecule has 0 saturated carbocycles. The first kappa shape index (κ1) is 19.0. The highest BCUT2D eigenvalue weighted by atomic mass is 16.5. The molecule has 0 fully saturated rings. The second-order valence-electron chi connectivity index (χ2n) is 7.35. The molecule has 0 N–H and O–H groups in total. The van der Waals surface area contributed by atoms with Gasteiger partial charge >= 0.3 is 0 Å². The van der Waals surface area contributed by atoms with Crippen molar-refractivity contribution in [3.63, 3.8) is 0 Å². The Morgan fingerprint density at radius 2 is 1.84 bits per heavy atom. The topological polar surface area (TPSA) is 86.3 Å². The van der Waals surface area contributed by atoms with Crippen LogP contribution in [-0.2, 0) is 24.8 Å². The van der Waals surface area contributed by atoms with Gasteiger partial charge in [-0.05, 0) is 12.1 Å². The van der Waals surface area contributed by atoms with Gasteiger partial charge in [-0.2, -0.15) is 10.1 Å². The molecule has 31 heavy (non-hydrogen) atoms. The number of hydrogen-bond donors (Lipinski definition) is 0. The Morgan fingerprint density at radius 3 is 2.61 bits per heavy atom. The molecule has 1 aliphatic heterocycles. The first-order valence-corrected chi connectivity index (χ1v) is 10.1. The summed E-state index contributed by atoms with van der Waals surface area (Å²) >= 11 is 0. The van der Waals surface area contributed by atoms with Gasteiger partial charge in [0.2, 0.25) is 5.82 Å². The number of carbonyl (C=O) groups excluding carboxylic acids is 1. The van der Waals surface area contributed by atoms with Gasteiger partial charge in [0.25, 0.3) is 11.8 Å². The van der Waals surface area contributed by atoms with Crippen molar-refractivity contribution in [1.29, 1.82) is 0 Å². The molecule has 0 saturated heterocycles. The van der Waals surface area contributed by atoms with E-state index in [0.29, 0.717) is 42.7 Å². The lowest BCUT2D eigenvalue weighted by Gasteiger charge is -2.27. The maximum absolute atomic E-state index is 12.7. The van der Waals surface area contributed by atoms with E-state index in [-0.39, 0.29) is 12.5 Å². The molecule has 0 atom stereocenters. The Bertz CT molecular complexity index is 1200. The lowest BCUT2D eigenvalue weighted by molar-refractivity contribution is -0.134. The standard InChI is InChI=1S/C23H21N5O3/c1-27-19-12-13-28(20(29)15-30-17-10-6-3-7-11-17)14-18(19)21(25-27)23-24-22(26-31-23)16-8-4-2-5-9-16/h2-11H,12-15H2,1H3. The largest absolute Gasteiger partial charge is 0.484 e. The van der Waals surface area contributed by atoms with Crippen molar-refractivity contribution < 1.29 is 14.1 Å². The molecule has 8 nitrogen and oxygen atoms in total. The van der Waals surface area contributed by atoms with Crippen LogP contribution in [0.4, 0.5) is 0 Å². The minimum absolute atomic E-state index is 0.00629. The lowest BCUT2D eigenvalue weighted by Crippen LogP contribution is -2.39. The molecule has 5 rings (SSSR count). The van der Waals surface area contributed by atoms with Crippen molar-refractivity contribution >= 4 is 5.91 Å². The van der Waals surface area contributed by atoms with Crippen molar-refractivity contribution in [2.75, 3.05) is 13.2 Å². The number of para-hydroxylation sites is 1. The van der Waals surface area contributed by atoms with E-state index in [2.05, 4.69) is 15.2 Å². The Morgan fingerprint density at radius 1 is 1.10 bits per heavy atom. The van der Waals surface area contributed by atoms with Crippen LogP contribution in [0.1, 0.15) is 11.3 Å². The first-order valence-electron chi connectivity index (χ1n) is 10.1. The maximum Gasteiger partial charge on any atom is 0.279 e. The highest BCUT2D eigenvalue weighted by molar-refractivity contribution is 5.78. The van der Waals surface area contributed by atoms with E-state index in [1.54, 1.807) is 4.90 Å². The van der Waals surface area contributed by atoms with Crippen molar-refractivity contribution in [3.8, 4) is 28.7 Å². The monoisotopic (exact) mass is 415 g/mol. The third-order valence-corrected chi connectivity index (χ3v) is 5.36. The van der Waals surface area contributed by atoms with Crippen LogP contribution in [0.5, 0.6) is 5.75 Å². The number of nitrogens with zero attached hydrogens (tertiary/aromatic N) is 5. The molecular formula is C23H21N5O3. The molecule has 8 heteroatoms. The van der Waals surface area contributed by atoms with Crippen molar-refractivity contribution in [2.45, 2.75) is 13.0 Å². The fourth-order valence-electron chi connectivity index (χ4n) is 3.75. The zero-order valence-corrected chi connectivity index (χ0v) is 17.1. The van der Waals surface area contributed by atoms with Crippen molar-refractivity contribution in [2.24, 2.45) is 7.05 Å². The van der Waals surface area contributed by atoms with Crippen LogP contribution in [0.3, 0.4) is 0 Å². The summed E-state index contributed by atoms with van der Waals surface area (Å²) < 4.78 is 13.0. The zero-order valence-electron chi connectivity index (χ0n) is 17.1. The van der Waals surface area contributed by atoms with Gasteiger partial charge in [-0.1, -0.05) is 53.7 Å². The third kappa shape index (κ3) is 3.79. The number of ether oxygens (including phenoxy) is 1. The van der Waals surface area contributed by atoms with E-state index < -0.39 is 0 Å². The quantitative estimate of drug-likeness (QED) is 0.498. The van der Waals surface area contributed by atoms with Crippen LogP contribution in [0.15, 0.2) is 65.2 Å². The van der Waals surface area contributed by atoms with Gasteiger partial charge in [0.15, 0.2) is 12.3 Å². The van der Waals surface area contributed by atoms with Gasteiger partial charge in [-0.25, -0.2) is 0 Å². The molecule has 2 aromatic carbocycles. The fourth-order valence-corrected chi connectivity index (χ4v) is 3.75. The predicted octanol–water partition coefficient (Wildman–Crippen LogP) is 3.10. The molecule has 1 aliphatic rings. The van der Waals surface area contributed by atoms with Gasteiger partial charge in [0.1, 0.15) is 5.75 Å². The van der Waals surface area contributed by atoms with Gasteiger partial charge in [0, 0.05) is 43.4 Å². The number of hydrogen-bond acceptors (Lipinski definition) is 6. The Kier molecular flexibility index (Phi) is 4.95. The molecule has 156 valence electrons. The molecule has 1 amide bonds. The molecule has 0 bridgehead atoms. The van der Waals surface area contributed by atoms with Gasteiger partial charge in [-0.15, -0.1) is 0 Å². The summed E-state index contributed by atoms with van der Waals surface area (Å²) in [4.78, 5) is 19.1. The fraction of sp³-hybridized carbons (Fsp3) is 0.217. The number of rotatable bonds is 5. The summed E-state index contributed by atoms with van der Waals surface area (Å²) in [5.41, 5.74) is 3.50. The first-order chi connectivity index (χ1) is 15.2. The Hall–Kier alpha value is -3.94. The average Bonchev–Trinajstić information content (AvgIpc) is 3.43. The molecule has 3 heterocycles. The second-order valence-corrected chi connectivity index (χ2v) is 7.35. The number of benzene rings is 2. The Balaban J connectivity index is 1.36. The summed E-state index contributed by atoms with van der Waals surface area (Å²) in [6.07, 6.45) is 0.704. The zero-order chi connectivity index (χ0) is 21.2.